The molecular formula is C9H9BrClF. The van der Waals surface area contributed by atoms with Crippen molar-refractivity contribution in [2.24, 2.45) is 0 Å². The maximum Gasteiger partial charge on any atom is 0.142 e. The van der Waals surface area contributed by atoms with E-state index in [0.29, 0.717) is 15.9 Å². The zero-order valence-corrected chi connectivity index (χ0v) is 8.99. The first-order chi connectivity index (χ1) is 5.56. The number of halogens is 3. The van der Waals surface area contributed by atoms with E-state index in [4.69, 9.17) is 11.6 Å². The summed E-state index contributed by atoms with van der Waals surface area (Å²) in [6.07, 6.45) is 0. The predicted octanol–water partition coefficient (Wildman–Crippen LogP) is 3.92. The van der Waals surface area contributed by atoms with Crippen molar-refractivity contribution in [1.29, 1.82) is 0 Å². The normalized spacial score (nSPS) is 15.7. The molecule has 0 bridgehead atoms. The van der Waals surface area contributed by atoms with Crippen molar-refractivity contribution >= 4 is 27.5 Å². The Morgan fingerprint density at radius 3 is 2.33 bits per heavy atom. The van der Waals surface area contributed by atoms with Gasteiger partial charge in [0.25, 0.3) is 0 Å². The van der Waals surface area contributed by atoms with E-state index in [1.165, 1.54) is 6.92 Å². The zero-order valence-electron chi connectivity index (χ0n) is 6.65. The number of alkyl halides is 2. The molecule has 0 amide bonds. The van der Waals surface area contributed by atoms with Gasteiger partial charge in [-0.15, -0.1) is 0 Å². The van der Waals surface area contributed by atoms with Gasteiger partial charge in [0.2, 0.25) is 0 Å². The van der Waals surface area contributed by atoms with Gasteiger partial charge in [0.05, 0.1) is 0 Å². The molecule has 0 aromatic heterocycles. The third-order valence-corrected chi connectivity index (χ3v) is 3.00. The molecule has 0 saturated heterocycles. The number of hydrogen-bond acceptors (Lipinski definition) is 0. The minimum Gasteiger partial charge on any atom is -0.238 e. The van der Waals surface area contributed by atoms with E-state index >= 15 is 0 Å². The molecule has 0 unspecified atom stereocenters. The largest absolute Gasteiger partial charge is 0.238 e. The second kappa shape index (κ2) is 3.75. The van der Waals surface area contributed by atoms with Crippen LogP contribution in [-0.2, 0) is 5.67 Å². The van der Waals surface area contributed by atoms with Crippen molar-refractivity contribution in [3.05, 3.63) is 34.9 Å². The highest BCUT2D eigenvalue weighted by molar-refractivity contribution is 9.09. The fourth-order valence-electron chi connectivity index (χ4n) is 0.875. The van der Waals surface area contributed by atoms with Gasteiger partial charge in [0, 0.05) is 10.4 Å². The van der Waals surface area contributed by atoms with E-state index in [1.807, 2.05) is 0 Å². The van der Waals surface area contributed by atoms with Crippen LogP contribution in [0.3, 0.4) is 0 Å². The van der Waals surface area contributed by atoms with E-state index in [1.54, 1.807) is 24.3 Å². The Labute approximate surface area is 84.9 Å². The van der Waals surface area contributed by atoms with Crippen LogP contribution >= 0.6 is 27.5 Å². The van der Waals surface area contributed by atoms with Gasteiger partial charge in [0.1, 0.15) is 5.67 Å². The van der Waals surface area contributed by atoms with Gasteiger partial charge in [-0.25, -0.2) is 4.39 Å². The molecule has 1 rings (SSSR count). The molecule has 0 N–H and O–H groups in total. The summed E-state index contributed by atoms with van der Waals surface area (Å²) in [6, 6.07) is 6.78. The summed E-state index contributed by atoms with van der Waals surface area (Å²) in [7, 11) is 0. The molecule has 0 fully saturated rings. The van der Waals surface area contributed by atoms with Crippen molar-refractivity contribution < 1.29 is 4.39 Å². The van der Waals surface area contributed by atoms with Crippen LogP contribution in [0.4, 0.5) is 4.39 Å². The maximum atomic E-state index is 13.6. The molecule has 12 heavy (non-hydrogen) atoms. The molecule has 0 heterocycles. The molecule has 0 radical (unpaired) electrons. The first-order valence-corrected chi connectivity index (χ1v) is 5.07. The first kappa shape index (κ1) is 10.0. The second-order valence-electron chi connectivity index (χ2n) is 2.84. The van der Waals surface area contributed by atoms with Crippen LogP contribution < -0.4 is 0 Å². The lowest BCUT2D eigenvalue weighted by molar-refractivity contribution is 0.230. The minimum absolute atomic E-state index is 0.293. The fourth-order valence-corrected chi connectivity index (χ4v) is 1.32. The third kappa shape index (κ3) is 2.20. The zero-order chi connectivity index (χ0) is 9.19. The Bertz CT molecular complexity index is 256. The molecule has 1 aromatic rings. The predicted molar refractivity (Wildman–Crippen MR) is 53.7 cm³/mol. The smallest absolute Gasteiger partial charge is 0.142 e. The lowest BCUT2D eigenvalue weighted by Crippen LogP contribution is -2.16. The Kier molecular flexibility index (Phi) is 3.13. The topological polar surface area (TPSA) is 0 Å². The van der Waals surface area contributed by atoms with Crippen LogP contribution in [0.2, 0.25) is 5.02 Å². The summed E-state index contributed by atoms with van der Waals surface area (Å²) in [5, 5.41) is 0.922. The molecule has 66 valence electrons. The summed E-state index contributed by atoms with van der Waals surface area (Å²) in [5.41, 5.74) is -0.673. The van der Waals surface area contributed by atoms with Gasteiger partial charge >= 0.3 is 0 Å². The third-order valence-electron chi connectivity index (χ3n) is 1.70. The van der Waals surface area contributed by atoms with Crippen molar-refractivity contribution in [2.45, 2.75) is 12.6 Å². The molecule has 1 aromatic carbocycles. The highest BCUT2D eigenvalue weighted by Gasteiger charge is 2.23. The standard InChI is InChI=1S/C9H9BrClF/c1-9(12,6-10)7-2-4-8(11)5-3-7/h2-5H,6H2,1H3/t9-/m0/s1. The van der Waals surface area contributed by atoms with Gasteiger partial charge in [-0.05, 0) is 24.6 Å². The summed E-state index contributed by atoms with van der Waals surface area (Å²) in [4.78, 5) is 0. The van der Waals surface area contributed by atoms with Gasteiger partial charge in [0.15, 0.2) is 0 Å². The summed E-state index contributed by atoms with van der Waals surface area (Å²) in [6.45, 7) is 1.53. The molecule has 0 nitrogen and oxygen atoms in total. The van der Waals surface area contributed by atoms with Crippen LogP contribution in [0.15, 0.2) is 24.3 Å². The number of rotatable bonds is 2. The molecule has 0 aliphatic carbocycles. The van der Waals surface area contributed by atoms with Gasteiger partial charge in [-0.3, -0.25) is 0 Å². The van der Waals surface area contributed by atoms with E-state index in [-0.39, 0.29) is 0 Å². The van der Waals surface area contributed by atoms with Crippen molar-refractivity contribution in [1.82, 2.24) is 0 Å². The van der Waals surface area contributed by atoms with E-state index < -0.39 is 5.67 Å². The number of benzene rings is 1. The second-order valence-corrected chi connectivity index (χ2v) is 3.84. The van der Waals surface area contributed by atoms with Gasteiger partial charge in [-0.2, -0.15) is 0 Å². The highest BCUT2D eigenvalue weighted by Crippen LogP contribution is 2.28. The SMILES string of the molecule is C[C@](F)(CBr)c1ccc(Cl)cc1. The van der Waals surface area contributed by atoms with E-state index in [0.717, 1.165) is 0 Å². The molecule has 0 saturated carbocycles. The number of hydrogen-bond donors (Lipinski definition) is 0. The summed E-state index contributed by atoms with van der Waals surface area (Å²) >= 11 is 8.79. The molecule has 0 aliphatic rings. The van der Waals surface area contributed by atoms with Crippen LogP contribution in [0, 0.1) is 0 Å². The Hall–Kier alpha value is -0.0800. The summed E-state index contributed by atoms with van der Waals surface area (Å²) < 4.78 is 13.6. The monoisotopic (exact) mass is 250 g/mol. The van der Waals surface area contributed by atoms with Crippen molar-refractivity contribution in [3.8, 4) is 0 Å². The van der Waals surface area contributed by atoms with Crippen molar-refractivity contribution in [2.75, 3.05) is 5.33 Å². The van der Waals surface area contributed by atoms with Crippen LogP contribution in [0.5, 0.6) is 0 Å². The molecule has 1 atom stereocenters. The van der Waals surface area contributed by atoms with Crippen molar-refractivity contribution in [3.63, 3.8) is 0 Å². The molecule has 3 heteroatoms. The highest BCUT2D eigenvalue weighted by atomic mass is 79.9. The molecule has 0 spiro atoms. The Morgan fingerprint density at radius 1 is 1.42 bits per heavy atom. The lowest BCUT2D eigenvalue weighted by Gasteiger charge is -2.17. The average molecular weight is 252 g/mol. The molecule has 0 aliphatic heterocycles. The quantitative estimate of drug-likeness (QED) is 0.699. The van der Waals surface area contributed by atoms with Gasteiger partial charge < -0.3 is 0 Å². The minimum atomic E-state index is -1.31. The Morgan fingerprint density at radius 2 is 1.92 bits per heavy atom. The fraction of sp³-hybridized carbons (Fsp3) is 0.333. The van der Waals surface area contributed by atoms with E-state index in [9.17, 15) is 4.39 Å². The van der Waals surface area contributed by atoms with Crippen LogP contribution in [-0.4, -0.2) is 5.33 Å². The summed E-state index contributed by atoms with van der Waals surface area (Å²) in [5.74, 6) is 0. The lowest BCUT2D eigenvalue weighted by atomic mass is 10.0. The van der Waals surface area contributed by atoms with Gasteiger partial charge in [-0.1, -0.05) is 39.7 Å². The first-order valence-electron chi connectivity index (χ1n) is 3.57. The average Bonchev–Trinajstić information content (AvgIpc) is 2.05. The van der Waals surface area contributed by atoms with Crippen LogP contribution in [0.1, 0.15) is 12.5 Å². The Balaban J connectivity index is 2.96. The van der Waals surface area contributed by atoms with E-state index in [2.05, 4.69) is 15.9 Å². The molecular weight excluding hydrogens is 242 g/mol. The van der Waals surface area contributed by atoms with Crippen LogP contribution in [0.25, 0.3) is 0 Å². The maximum absolute atomic E-state index is 13.6.